The lowest BCUT2D eigenvalue weighted by molar-refractivity contribution is -0.148. The fourth-order valence-corrected chi connectivity index (χ4v) is 2.85. The first kappa shape index (κ1) is 18.7. The van der Waals surface area contributed by atoms with Crippen LogP contribution in [-0.4, -0.2) is 38.1 Å². The molecule has 0 amide bonds. The van der Waals surface area contributed by atoms with Crippen molar-refractivity contribution in [2.75, 3.05) is 32.1 Å². The second kappa shape index (κ2) is 10.4. The summed E-state index contributed by atoms with van der Waals surface area (Å²) in [7, 11) is -1.74. The van der Waals surface area contributed by atoms with Gasteiger partial charge in [-0.1, -0.05) is 34.6 Å². The fourth-order valence-electron chi connectivity index (χ4n) is 1.42. The number of hydrogen-bond acceptors (Lipinski definition) is 4. The highest BCUT2D eigenvalue weighted by molar-refractivity contribution is 7.44. The molecule has 0 aliphatic rings. The molecule has 114 valence electrons. The molecule has 5 heteroatoms. The second-order valence-electron chi connectivity index (χ2n) is 5.89. The summed E-state index contributed by atoms with van der Waals surface area (Å²) in [6.07, 6.45) is 0.978. The van der Waals surface area contributed by atoms with Crippen LogP contribution in [0.4, 0.5) is 0 Å². The average Bonchev–Trinajstić information content (AvgIpc) is 2.31. The van der Waals surface area contributed by atoms with E-state index >= 15 is 0 Å². The lowest BCUT2D eigenvalue weighted by Crippen LogP contribution is -2.19. The normalized spacial score (nSPS) is 14.7. The van der Waals surface area contributed by atoms with Gasteiger partial charge in [0, 0.05) is 18.9 Å². The molecule has 0 saturated heterocycles. The quantitative estimate of drug-likeness (QED) is 0.353. The van der Waals surface area contributed by atoms with E-state index < -0.39 is 7.80 Å². The standard InChI is InChI=1S/C14H29O4P/c1-11(2)8-17-6-7-19(16)10-13(5)14(15)18-9-12(3)4/h11-13,19H,6-10H2,1-5H3. The van der Waals surface area contributed by atoms with E-state index in [0.29, 0.717) is 44.0 Å². The van der Waals surface area contributed by atoms with E-state index in [4.69, 9.17) is 9.47 Å². The zero-order chi connectivity index (χ0) is 14.8. The Kier molecular flexibility index (Phi) is 10.3. The molecule has 0 fully saturated rings. The van der Waals surface area contributed by atoms with Gasteiger partial charge >= 0.3 is 5.97 Å². The predicted octanol–water partition coefficient (Wildman–Crippen LogP) is 3.05. The maximum Gasteiger partial charge on any atom is 0.309 e. The highest BCUT2D eigenvalue weighted by Crippen LogP contribution is 2.24. The molecule has 2 atom stereocenters. The fraction of sp³-hybridized carbons (Fsp3) is 0.929. The summed E-state index contributed by atoms with van der Waals surface area (Å²) in [5.41, 5.74) is 0. The number of carbonyl (C=O) groups is 1. The first-order valence-corrected chi connectivity index (χ1v) is 8.91. The number of rotatable bonds is 10. The number of esters is 1. The first-order valence-electron chi connectivity index (χ1n) is 7.09. The molecule has 0 N–H and O–H groups in total. The van der Waals surface area contributed by atoms with Gasteiger partial charge in [0.05, 0.1) is 26.9 Å². The zero-order valence-electron chi connectivity index (χ0n) is 12.9. The molecule has 0 bridgehead atoms. The largest absolute Gasteiger partial charge is 0.465 e. The van der Waals surface area contributed by atoms with Gasteiger partial charge in [-0.25, -0.2) is 0 Å². The number of carbonyl (C=O) groups excluding carboxylic acids is 1. The molecule has 0 aromatic heterocycles. The van der Waals surface area contributed by atoms with Crippen LogP contribution in [0.5, 0.6) is 0 Å². The van der Waals surface area contributed by atoms with E-state index in [1.165, 1.54) is 0 Å². The molecule has 0 saturated carbocycles. The molecule has 0 heterocycles. The van der Waals surface area contributed by atoms with Crippen LogP contribution < -0.4 is 0 Å². The van der Waals surface area contributed by atoms with Crippen molar-refractivity contribution in [2.45, 2.75) is 34.6 Å². The minimum Gasteiger partial charge on any atom is -0.465 e. The summed E-state index contributed by atoms with van der Waals surface area (Å²) < 4.78 is 22.4. The Bertz CT molecular complexity index is 277. The third kappa shape index (κ3) is 11.2. The van der Waals surface area contributed by atoms with Crippen LogP contribution >= 0.6 is 7.80 Å². The third-order valence-electron chi connectivity index (χ3n) is 2.47. The summed E-state index contributed by atoms with van der Waals surface area (Å²) in [4.78, 5) is 11.6. The maximum absolute atomic E-state index is 11.8. The summed E-state index contributed by atoms with van der Waals surface area (Å²) in [5, 5.41) is 0. The van der Waals surface area contributed by atoms with Gasteiger partial charge in [0.1, 0.15) is 0 Å². The lowest BCUT2D eigenvalue weighted by Gasteiger charge is -2.13. The molecule has 2 unspecified atom stereocenters. The highest BCUT2D eigenvalue weighted by Gasteiger charge is 2.17. The number of ether oxygens (including phenoxy) is 2. The van der Waals surface area contributed by atoms with Crippen molar-refractivity contribution >= 4 is 13.8 Å². The van der Waals surface area contributed by atoms with Crippen molar-refractivity contribution in [3.63, 3.8) is 0 Å². The summed E-state index contributed by atoms with van der Waals surface area (Å²) in [5.74, 6) is 0.301. The molecule has 0 aliphatic carbocycles. The molecule has 19 heavy (non-hydrogen) atoms. The molecule has 0 aliphatic heterocycles. The molecule has 0 rings (SSSR count). The Balaban J connectivity index is 3.76. The van der Waals surface area contributed by atoms with Crippen molar-refractivity contribution < 1.29 is 18.8 Å². The van der Waals surface area contributed by atoms with E-state index in [0.717, 1.165) is 0 Å². The van der Waals surface area contributed by atoms with Crippen LogP contribution in [0.1, 0.15) is 34.6 Å². The molecule has 4 nitrogen and oxygen atoms in total. The van der Waals surface area contributed by atoms with E-state index in [2.05, 4.69) is 13.8 Å². The monoisotopic (exact) mass is 292 g/mol. The van der Waals surface area contributed by atoms with Gasteiger partial charge in [-0.05, 0) is 11.8 Å². The molecular formula is C14H29O4P. The summed E-state index contributed by atoms with van der Waals surface area (Å²) in [6, 6.07) is 0. The Morgan fingerprint density at radius 1 is 1.05 bits per heavy atom. The number of hydrogen-bond donors (Lipinski definition) is 0. The minimum atomic E-state index is -1.74. The van der Waals surface area contributed by atoms with E-state index in [1.54, 1.807) is 6.92 Å². The lowest BCUT2D eigenvalue weighted by atomic mass is 10.2. The highest BCUT2D eigenvalue weighted by atomic mass is 31.1. The van der Waals surface area contributed by atoms with Crippen LogP contribution in [0.2, 0.25) is 0 Å². The van der Waals surface area contributed by atoms with Crippen molar-refractivity contribution in [1.29, 1.82) is 0 Å². The molecule has 0 radical (unpaired) electrons. The Morgan fingerprint density at radius 3 is 2.16 bits per heavy atom. The van der Waals surface area contributed by atoms with Crippen LogP contribution in [0.15, 0.2) is 0 Å². The van der Waals surface area contributed by atoms with Crippen LogP contribution in [-0.2, 0) is 18.8 Å². The maximum atomic E-state index is 11.8. The van der Waals surface area contributed by atoms with E-state index in [-0.39, 0.29) is 11.9 Å². The van der Waals surface area contributed by atoms with Crippen molar-refractivity contribution in [3.8, 4) is 0 Å². The average molecular weight is 292 g/mol. The van der Waals surface area contributed by atoms with Crippen molar-refractivity contribution in [2.24, 2.45) is 17.8 Å². The third-order valence-corrected chi connectivity index (χ3v) is 4.30. The van der Waals surface area contributed by atoms with Crippen LogP contribution in [0, 0.1) is 17.8 Å². The topological polar surface area (TPSA) is 52.6 Å². The second-order valence-corrected chi connectivity index (χ2v) is 7.87. The Hall–Kier alpha value is -0.340. The van der Waals surface area contributed by atoms with E-state index in [9.17, 15) is 9.36 Å². The van der Waals surface area contributed by atoms with Gasteiger partial charge in [0.15, 0.2) is 0 Å². The first-order chi connectivity index (χ1) is 8.82. The van der Waals surface area contributed by atoms with Gasteiger partial charge in [-0.2, -0.15) is 0 Å². The van der Waals surface area contributed by atoms with Gasteiger partial charge in [0.2, 0.25) is 0 Å². The molecule has 0 aromatic rings. The van der Waals surface area contributed by atoms with Gasteiger partial charge in [-0.15, -0.1) is 0 Å². The minimum absolute atomic E-state index is 0.241. The van der Waals surface area contributed by atoms with Crippen LogP contribution in [0.25, 0.3) is 0 Å². The summed E-state index contributed by atoms with van der Waals surface area (Å²) >= 11 is 0. The molecular weight excluding hydrogens is 263 g/mol. The van der Waals surface area contributed by atoms with Crippen molar-refractivity contribution in [1.82, 2.24) is 0 Å². The molecule has 0 aromatic carbocycles. The van der Waals surface area contributed by atoms with Gasteiger partial charge in [0.25, 0.3) is 0 Å². The van der Waals surface area contributed by atoms with Crippen LogP contribution in [0.3, 0.4) is 0 Å². The van der Waals surface area contributed by atoms with E-state index in [1.807, 2.05) is 13.8 Å². The van der Waals surface area contributed by atoms with Crippen molar-refractivity contribution in [3.05, 3.63) is 0 Å². The SMILES string of the molecule is CC(C)COCC[PH](=O)CC(C)C(=O)OCC(C)C. The smallest absolute Gasteiger partial charge is 0.309 e. The zero-order valence-corrected chi connectivity index (χ0v) is 13.9. The Labute approximate surface area is 118 Å². The molecule has 0 spiro atoms. The summed E-state index contributed by atoms with van der Waals surface area (Å²) in [6.45, 7) is 11.6. The van der Waals surface area contributed by atoms with Gasteiger partial charge < -0.3 is 14.0 Å². The predicted molar refractivity (Wildman–Crippen MR) is 79.4 cm³/mol. The Morgan fingerprint density at radius 2 is 1.63 bits per heavy atom. The van der Waals surface area contributed by atoms with Gasteiger partial charge in [-0.3, -0.25) is 4.79 Å².